The molecule has 0 unspecified atom stereocenters. The number of carbonyl (C=O) groups is 1. The normalized spacial score (nSPS) is 20.4. The summed E-state index contributed by atoms with van der Waals surface area (Å²) in [4.78, 5) is 23.0. The van der Waals surface area contributed by atoms with E-state index in [1.165, 1.54) is 0 Å². The number of methoxy groups -OCH3 is 1. The maximum absolute atomic E-state index is 12.3. The van der Waals surface area contributed by atoms with Crippen LogP contribution in [0.25, 0.3) is 0 Å². The molecule has 0 bridgehead atoms. The molecule has 2 aromatic heterocycles. The molecule has 0 aromatic carbocycles. The molecule has 0 aliphatic carbocycles. The zero-order valence-electron chi connectivity index (χ0n) is 14.1. The summed E-state index contributed by atoms with van der Waals surface area (Å²) < 4.78 is 5.51. The van der Waals surface area contributed by atoms with E-state index in [9.17, 15) is 4.79 Å². The quantitative estimate of drug-likeness (QED) is 0.843. The second-order valence-corrected chi connectivity index (χ2v) is 6.04. The highest BCUT2D eigenvalue weighted by molar-refractivity contribution is 5.94. The Morgan fingerprint density at radius 2 is 2.29 bits per heavy atom. The number of ether oxygens (including phenoxy) is 1. The minimum Gasteiger partial charge on any atom is -0.380 e. The van der Waals surface area contributed by atoms with Crippen molar-refractivity contribution in [3.8, 4) is 0 Å². The van der Waals surface area contributed by atoms with Gasteiger partial charge in [0.05, 0.1) is 23.9 Å². The molecular formula is C16H22N6O2. The maximum Gasteiger partial charge on any atom is 0.254 e. The average molecular weight is 330 g/mol. The van der Waals surface area contributed by atoms with Crippen molar-refractivity contribution >= 4 is 11.7 Å². The first-order valence-electron chi connectivity index (χ1n) is 7.94. The molecule has 0 saturated carbocycles. The van der Waals surface area contributed by atoms with E-state index in [2.05, 4.69) is 30.4 Å². The molecule has 3 rings (SSSR count). The van der Waals surface area contributed by atoms with E-state index in [0.717, 1.165) is 30.2 Å². The standard InChI is InChI=1S/C16H22N6O2/c1-10-4-15(19-9-18-10)22-8-13(24-3)5-12(22)6-17-16(23)14-7-20-21-11(14)2/h4,7,9,12-13H,5-6,8H2,1-3H3,(H,17,23)(H,20,21)/t12-,13-/m0/s1. The second-order valence-electron chi connectivity index (χ2n) is 6.04. The van der Waals surface area contributed by atoms with Gasteiger partial charge in [-0.3, -0.25) is 9.89 Å². The van der Waals surface area contributed by atoms with Crippen molar-refractivity contribution in [1.29, 1.82) is 0 Å². The summed E-state index contributed by atoms with van der Waals surface area (Å²) >= 11 is 0. The first-order valence-corrected chi connectivity index (χ1v) is 7.94. The lowest BCUT2D eigenvalue weighted by Crippen LogP contribution is -2.40. The molecule has 1 amide bonds. The lowest BCUT2D eigenvalue weighted by Gasteiger charge is -2.25. The minimum atomic E-state index is -0.124. The smallest absolute Gasteiger partial charge is 0.254 e. The van der Waals surface area contributed by atoms with E-state index < -0.39 is 0 Å². The number of nitrogens with one attached hydrogen (secondary N) is 2. The number of aryl methyl sites for hydroxylation is 2. The summed E-state index contributed by atoms with van der Waals surface area (Å²) in [6.45, 7) is 5.03. The van der Waals surface area contributed by atoms with Crippen LogP contribution in [0, 0.1) is 13.8 Å². The molecule has 2 N–H and O–H groups in total. The molecule has 8 heteroatoms. The molecular weight excluding hydrogens is 308 g/mol. The monoisotopic (exact) mass is 330 g/mol. The molecule has 0 radical (unpaired) electrons. The highest BCUT2D eigenvalue weighted by atomic mass is 16.5. The molecule has 1 aliphatic rings. The number of anilines is 1. The molecule has 3 heterocycles. The molecule has 2 atom stereocenters. The van der Waals surface area contributed by atoms with Gasteiger partial charge in [0.1, 0.15) is 12.1 Å². The van der Waals surface area contributed by atoms with E-state index in [0.29, 0.717) is 12.1 Å². The summed E-state index contributed by atoms with van der Waals surface area (Å²) in [5.41, 5.74) is 2.25. The van der Waals surface area contributed by atoms with Crippen LogP contribution in [0.3, 0.4) is 0 Å². The fourth-order valence-corrected chi connectivity index (χ4v) is 3.00. The fourth-order valence-electron chi connectivity index (χ4n) is 3.00. The Hall–Kier alpha value is -2.48. The third-order valence-corrected chi connectivity index (χ3v) is 4.37. The zero-order chi connectivity index (χ0) is 17.1. The van der Waals surface area contributed by atoms with Gasteiger partial charge in [0.2, 0.25) is 0 Å². The van der Waals surface area contributed by atoms with Crippen LogP contribution in [0.15, 0.2) is 18.6 Å². The summed E-state index contributed by atoms with van der Waals surface area (Å²) in [5, 5.41) is 9.65. The summed E-state index contributed by atoms with van der Waals surface area (Å²) in [6, 6.07) is 2.08. The number of hydrogen-bond acceptors (Lipinski definition) is 6. The van der Waals surface area contributed by atoms with E-state index in [1.54, 1.807) is 19.6 Å². The molecule has 24 heavy (non-hydrogen) atoms. The van der Waals surface area contributed by atoms with Crippen molar-refractivity contribution in [1.82, 2.24) is 25.5 Å². The van der Waals surface area contributed by atoms with Gasteiger partial charge in [0, 0.05) is 37.7 Å². The van der Waals surface area contributed by atoms with Gasteiger partial charge < -0.3 is 15.0 Å². The van der Waals surface area contributed by atoms with Gasteiger partial charge in [-0.15, -0.1) is 0 Å². The summed E-state index contributed by atoms with van der Waals surface area (Å²) in [7, 11) is 1.71. The van der Waals surface area contributed by atoms with Crippen LogP contribution in [0.4, 0.5) is 5.82 Å². The van der Waals surface area contributed by atoms with Crippen LogP contribution in [-0.2, 0) is 4.74 Å². The number of nitrogens with zero attached hydrogens (tertiary/aromatic N) is 4. The van der Waals surface area contributed by atoms with Crippen LogP contribution in [-0.4, -0.2) is 58.4 Å². The van der Waals surface area contributed by atoms with Crippen LogP contribution < -0.4 is 10.2 Å². The van der Waals surface area contributed by atoms with Crippen molar-refractivity contribution in [3.63, 3.8) is 0 Å². The third-order valence-electron chi connectivity index (χ3n) is 4.37. The topological polar surface area (TPSA) is 96.0 Å². The summed E-state index contributed by atoms with van der Waals surface area (Å²) in [5.74, 6) is 0.738. The molecule has 1 aliphatic heterocycles. The van der Waals surface area contributed by atoms with Crippen LogP contribution in [0.5, 0.6) is 0 Å². The lowest BCUT2D eigenvalue weighted by atomic mass is 10.2. The number of carbonyl (C=O) groups excluding carboxylic acids is 1. The van der Waals surface area contributed by atoms with Gasteiger partial charge in [-0.2, -0.15) is 5.10 Å². The SMILES string of the molecule is CO[C@H]1C[C@@H](CNC(=O)c2cn[nH]c2C)N(c2cc(C)ncn2)C1. The third kappa shape index (κ3) is 3.38. The molecule has 2 aromatic rings. The number of hydrogen-bond donors (Lipinski definition) is 2. The maximum atomic E-state index is 12.3. The van der Waals surface area contributed by atoms with Gasteiger partial charge in [-0.1, -0.05) is 0 Å². The van der Waals surface area contributed by atoms with Crippen molar-refractivity contribution < 1.29 is 9.53 Å². The molecule has 8 nitrogen and oxygen atoms in total. The number of amides is 1. The highest BCUT2D eigenvalue weighted by Gasteiger charge is 2.33. The Balaban J connectivity index is 1.70. The highest BCUT2D eigenvalue weighted by Crippen LogP contribution is 2.25. The minimum absolute atomic E-state index is 0.123. The Morgan fingerprint density at radius 1 is 1.46 bits per heavy atom. The van der Waals surface area contributed by atoms with Crippen LogP contribution in [0.1, 0.15) is 28.2 Å². The Morgan fingerprint density at radius 3 is 2.96 bits per heavy atom. The van der Waals surface area contributed by atoms with Gasteiger partial charge in [-0.25, -0.2) is 9.97 Å². The Kier molecular flexibility index (Phi) is 4.75. The predicted molar refractivity (Wildman–Crippen MR) is 89.0 cm³/mol. The van der Waals surface area contributed by atoms with Crippen molar-refractivity contribution in [2.75, 3.05) is 25.1 Å². The van der Waals surface area contributed by atoms with E-state index >= 15 is 0 Å². The number of rotatable bonds is 5. The van der Waals surface area contributed by atoms with Gasteiger partial charge >= 0.3 is 0 Å². The second kappa shape index (κ2) is 6.96. The van der Waals surface area contributed by atoms with E-state index in [1.807, 2.05) is 19.9 Å². The Labute approximate surface area is 140 Å². The summed E-state index contributed by atoms with van der Waals surface area (Å²) in [6.07, 6.45) is 4.07. The van der Waals surface area contributed by atoms with Gasteiger partial charge in [0.25, 0.3) is 5.91 Å². The number of H-pyrrole nitrogens is 1. The lowest BCUT2D eigenvalue weighted by molar-refractivity contribution is 0.0946. The van der Waals surface area contributed by atoms with Crippen molar-refractivity contribution in [3.05, 3.63) is 35.5 Å². The van der Waals surface area contributed by atoms with E-state index in [4.69, 9.17) is 4.74 Å². The first kappa shape index (κ1) is 16.4. The van der Waals surface area contributed by atoms with Gasteiger partial charge in [-0.05, 0) is 20.3 Å². The van der Waals surface area contributed by atoms with Crippen LogP contribution >= 0.6 is 0 Å². The zero-order valence-corrected chi connectivity index (χ0v) is 14.1. The van der Waals surface area contributed by atoms with Crippen molar-refractivity contribution in [2.45, 2.75) is 32.4 Å². The van der Waals surface area contributed by atoms with Gasteiger partial charge in [0.15, 0.2) is 0 Å². The molecule has 0 spiro atoms. The Bertz CT molecular complexity index is 716. The van der Waals surface area contributed by atoms with Crippen LogP contribution in [0.2, 0.25) is 0 Å². The number of aromatic amines is 1. The van der Waals surface area contributed by atoms with E-state index in [-0.39, 0.29) is 18.1 Å². The van der Waals surface area contributed by atoms with Crippen molar-refractivity contribution in [2.24, 2.45) is 0 Å². The average Bonchev–Trinajstić information content (AvgIpc) is 3.18. The largest absolute Gasteiger partial charge is 0.380 e. The first-order chi connectivity index (χ1) is 11.6. The molecule has 128 valence electrons. The fraction of sp³-hybridized carbons (Fsp3) is 0.500. The molecule has 1 saturated heterocycles. The molecule has 1 fully saturated rings. The number of aromatic nitrogens is 4. The predicted octanol–water partition coefficient (Wildman–Crippen LogP) is 0.840.